The fourth-order valence-corrected chi connectivity index (χ4v) is 3.78. The Hall–Kier alpha value is -3.39. The lowest BCUT2D eigenvalue weighted by molar-refractivity contribution is 0.248. The Morgan fingerprint density at radius 2 is 1.89 bits per heavy atom. The third-order valence-electron chi connectivity index (χ3n) is 5.35. The number of para-hydroxylation sites is 1. The molecule has 4 aromatic rings. The average Bonchev–Trinajstić information content (AvgIpc) is 3.29. The first-order valence-electron chi connectivity index (χ1n) is 9.31. The second-order valence-electron chi connectivity index (χ2n) is 7.19. The van der Waals surface area contributed by atoms with Crippen LogP contribution in [0.3, 0.4) is 0 Å². The fraction of sp³-hybridized carbons (Fsp3) is 0.250. The topological polar surface area (TPSA) is 96.1 Å². The van der Waals surface area contributed by atoms with Gasteiger partial charge in [-0.15, -0.1) is 0 Å². The summed E-state index contributed by atoms with van der Waals surface area (Å²) in [7, 11) is 2.15. The van der Waals surface area contributed by atoms with Gasteiger partial charge in [0.25, 0.3) is 0 Å². The molecule has 0 atom stereocenters. The Morgan fingerprint density at radius 1 is 1.11 bits per heavy atom. The molecule has 0 radical (unpaired) electrons. The van der Waals surface area contributed by atoms with Gasteiger partial charge >= 0.3 is 6.03 Å². The summed E-state index contributed by atoms with van der Waals surface area (Å²) in [6.45, 7) is 4.14. The lowest BCUT2D eigenvalue weighted by Gasteiger charge is -2.34. The van der Waals surface area contributed by atoms with Gasteiger partial charge < -0.3 is 20.5 Å². The lowest BCUT2D eigenvalue weighted by atomic mass is 10.2. The number of fused-ring (bicyclic) bond motifs is 2. The van der Waals surface area contributed by atoms with Crippen molar-refractivity contribution < 1.29 is 4.79 Å². The Balaban J connectivity index is 1.57. The number of hydrogen-bond donors (Lipinski definition) is 2. The van der Waals surface area contributed by atoms with Crippen LogP contribution in [0.25, 0.3) is 33.5 Å². The Labute approximate surface area is 161 Å². The molecule has 1 amide bonds. The molecule has 0 saturated carbocycles. The van der Waals surface area contributed by atoms with Crippen LogP contribution in [0.4, 0.5) is 10.5 Å². The minimum Gasteiger partial charge on any atom is -0.369 e. The number of piperazine rings is 1. The number of likely N-dealkylation sites (N-methyl/N-ethyl adjacent to an activating group) is 1. The summed E-state index contributed by atoms with van der Waals surface area (Å²) in [6.07, 6.45) is 0. The van der Waals surface area contributed by atoms with Crippen LogP contribution in [0.15, 0.2) is 42.5 Å². The smallest absolute Gasteiger partial charge is 0.340 e. The van der Waals surface area contributed by atoms with E-state index in [0.29, 0.717) is 17.0 Å². The quantitative estimate of drug-likeness (QED) is 0.560. The maximum absolute atomic E-state index is 11.8. The highest BCUT2D eigenvalue weighted by Gasteiger charge is 2.19. The zero-order valence-corrected chi connectivity index (χ0v) is 15.6. The number of aromatic nitrogens is 4. The SMILES string of the molecule is CN1CCN(c2ccc3nc(-c4nn(C(N)=O)c5ccccc45)[nH]c3c2)CC1. The minimum absolute atomic E-state index is 0.615. The molecule has 0 spiro atoms. The van der Waals surface area contributed by atoms with E-state index in [1.54, 1.807) is 0 Å². The molecule has 5 rings (SSSR count). The first kappa shape index (κ1) is 16.8. The third kappa shape index (κ3) is 2.69. The van der Waals surface area contributed by atoms with Gasteiger partial charge in [-0.05, 0) is 31.3 Å². The van der Waals surface area contributed by atoms with Gasteiger partial charge in [0.05, 0.1) is 16.6 Å². The predicted octanol–water partition coefficient (Wildman–Crippen LogP) is 2.26. The van der Waals surface area contributed by atoms with Crippen molar-refractivity contribution in [1.29, 1.82) is 0 Å². The second kappa shape index (κ2) is 6.35. The number of carbonyl (C=O) groups excluding carboxylic acids is 1. The van der Waals surface area contributed by atoms with E-state index in [2.05, 4.69) is 39.1 Å². The number of H-pyrrole nitrogens is 1. The molecule has 0 bridgehead atoms. The van der Waals surface area contributed by atoms with Crippen LogP contribution in [0.5, 0.6) is 0 Å². The summed E-state index contributed by atoms with van der Waals surface area (Å²) in [5.74, 6) is 0.627. The Morgan fingerprint density at radius 3 is 2.68 bits per heavy atom. The van der Waals surface area contributed by atoms with Crippen molar-refractivity contribution in [3.63, 3.8) is 0 Å². The molecule has 0 unspecified atom stereocenters. The van der Waals surface area contributed by atoms with Crippen LogP contribution in [-0.4, -0.2) is 63.9 Å². The number of rotatable bonds is 2. The molecule has 1 saturated heterocycles. The number of nitrogens with one attached hydrogen (secondary N) is 1. The summed E-state index contributed by atoms with van der Waals surface area (Å²) in [5.41, 5.74) is 9.77. The highest BCUT2D eigenvalue weighted by Crippen LogP contribution is 2.29. The third-order valence-corrected chi connectivity index (χ3v) is 5.35. The molecule has 2 aromatic carbocycles. The molecule has 0 aliphatic carbocycles. The average molecular weight is 375 g/mol. The number of carbonyl (C=O) groups is 1. The molecule has 2 aromatic heterocycles. The summed E-state index contributed by atoms with van der Waals surface area (Å²) < 4.78 is 1.22. The number of benzene rings is 2. The summed E-state index contributed by atoms with van der Waals surface area (Å²) in [5, 5.41) is 5.24. The van der Waals surface area contributed by atoms with Gasteiger partial charge in [-0.3, -0.25) is 0 Å². The molecule has 142 valence electrons. The zero-order valence-electron chi connectivity index (χ0n) is 15.6. The van der Waals surface area contributed by atoms with E-state index < -0.39 is 6.03 Å². The number of hydrogen-bond acceptors (Lipinski definition) is 5. The molecular formula is C20H21N7O. The van der Waals surface area contributed by atoms with E-state index in [0.717, 1.165) is 42.6 Å². The molecule has 8 heteroatoms. The van der Waals surface area contributed by atoms with Gasteiger partial charge in [0.1, 0.15) is 5.69 Å². The number of nitrogens with zero attached hydrogens (tertiary/aromatic N) is 5. The zero-order chi connectivity index (χ0) is 19.3. The van der Waals surface area contributed by atoms with E-state index in [9.17, 15) is 4.79 Å². The van der Waals surface area contributed by atoms with Crippen LogP contribution in [-0.2, 0) is 0 Å². The Bertz CT molecular complexity index is 1180. The molecule has 1 aliphatic heterocycles. The van der Waals surface area contributed by atoms with Crippen molar-refractivity contribution in [3.8, 4) is 11.5 Å². The van der Waals surface area contributed by atoms with Crippen molar-refractivity contribution >= 4 is 33.7 Å². The molecule has 1 aliphatic rings. The van der Waals surface area contributed by atoms with Gasteiger partial charge in [0.2, 0.25) is 0 Å². The van der Waals surface area contributed by atoms with Crippen LogP contribution in [0.2, 0.25) is 0 Å². The van der Waals surface area contributed by atoms with Gasteiger partial charge in [0, 0.05) is 37.3 Å². The van der Waals surface area contributed by atoms with Crippen molar-refractivity contribution in [2.24, 2.45) is 5.73 Å². The van der Waals surface area contributed by atoms with Crippen LogP contribution in [0.1, 0.15) is 0 Å². The molecule has 8 nitrogen and oxygen atoms in total. The molecule has 3 heterocycles. The minimum atomic E-state index is -0.615. The molecule has 1 fully saturated rings. The molecular weight excluding hydrogens is 354 g/mol. The van der Waals surface area contributed by atoms with Gasteiger partial charge in [-0.1, -0.05) is 18.2 Å². The summed E-state index contributed by atoms with van der Waals surface area (Å²) >= 11 is 0. The van der Waals surface area contributed by atoms with Gasteiger partial charge in [0.15, 0.2) is 5.82 Å². The Kier molecular flexibility index (Phi) is 3.80. The van der Waals surface area contributed by atoms with Gasteiger partial charge in [-0.25, -0.2) is 9.78 Å². The molecule has 3 N–H and O–H groups in total. The number of imidazole rings is 1. The maximum atomic E-state index is 11.8. The summed E-state index contributed by atoms with van der Waals surface area (Å²) in [4.78, 5) is 24.5. The fourth-order valence-electron chi connectivity index (χ4n) is 3.78. The maximum Gasteiger partial charge on any atom is 0.340 e. The van der Waals surface area contributed by atoms with Crippen LogP contribution < -0.4 is 10.6 Å². The van der Waals surface area contributed by atoms with Crippen molar-refractivity contribution in [2.45, 2.75) is 0 Å². The van der Waals surface area contributed by atoms with Crippen LogP contribution >= 0.6 is 0 Å². The number of aromatic amines is 1. The second-order valence-corrected chi connectivity index (χ2v) is 7.19. The predicted molar refractivity (Wildman–Crippen MR) is 110 cm³/mol. The van der Waals surface area contributed by atoms with Crippen molar-refractivity contribution in [1.82, 2.24) is 24.6 Å². The number of primary amides is 1. The lowest BCUT2D eigenvalue weighted by Crippen LogP contribution is -2.44. The normalized spacial score (nSPS) is 15.5. The van der Waals surface area contributed by atoms with Crippen LogP contribution in [0, 0.1) is 0 Å². The van der Waals surface area contributed by atoms with Crippen molar-refractivity contribution in [3.05, 3.63) is 42.5 Å². The molecule has 28 heavy (non-hydrogen) atoms. The van der Waals surface area contributed by atoms with Crippen molar-refractivity contribution in [2.75, 3.05) is 38.1 Å². The van der Waals surface area contributed by atoms with E-state index >= 15 is 0 Å². The van der Waals surface area contributed by atoms with E-state index in [1.165, 1.54) is 10.4 Å². The van der Waals surface area contributed by atoms with E-state index in [4.69, 9.17) is 10.7 Å². The number of anilines is 1. The number of amides is 1. The monoisotopic (exact) mass is 375 g/mol. The first-order valence-corrected chi connectivity index (χ1v) is 9.31. The highest BCUT2D eigenvalue weighted by atomic mass is 16.2. The largest absolute Gasteiger partial charge is 0.369 e. The highest BCUT2D eigenvalue weighted by molar-refractivity contribution is 5.98. The van der Waals surface area contributed by atoms with Gasteiger partial charge in [-0.2, -0.15) is 9.78 Å². The van der Waals surface area contributed by atoms with E-state index in [-0.39, 0.29) is 0 Å². The van der Waals surface area contributed by atoms with E-state index in [1.807, 2.05) is 30.3 Å². The number of nitrogens with two attached hydrogens (primary N) is 1. The summed E-state index contributed by atoms with van der Waals surface area (Å²) in [6, 6.07) is 13.2. The standard InChI is InChI=1S/C20H21N7O/c1-25-8-10-26(11-9-25)13-6-7-15-16(12-13)23-19(22-15)18-14-4-2-3-5-17(14)27(24-18)20(21)28/h2-7,12H,8-11H2,1H3,(H2,21,28)(H,22,23). The first-order chi connectivity index (χ1) is 13.6.